The number of benzene rings is 3. The number of hydrogen-bond donors (Lipinski definition) is 1. The standard InChI is InChI=1S/C25H22F3NO2/c1-17-13-20(8-7-18-5-3-2-4-6-18)14-21-16-29(24(30)23(17)21)15-19-9-11-22(12-10-19)31-25(26,27)28/h2-6,9-14,16,30H,7-8,15H2,1H3. The van der Waals surface area contributed by atoms with Crippen LogP contribution in [0.15, 0.2) is 72.9 Å². The van der Waals surface area contributed by atoms with Crippen LogP contribution in [-0.4, -0.2) is 16.0 Å². The third-order valence-corrected chi connectivity index (χ3v) is 5.27. The van der Waals surface area contributed by atoms with Gasteiger partial charge in [-0.05, 0) is 60.2 Å². The summed E-state index contributed by atoms with van der Waals surface area (Å²) in [6.45, 7) is 2.31. The molecule has 0 atom stereocenters. The van der Waals surface area contributed by atoms with E-state index in [-0.39, 0.29) is 11.6 Å². The number of aromatic hydroxyl groups is 1. The Hall–Kier alpha value is -3.41. The topological polar surface area (TPSA) is 34.4 Å². The number of hydrogen-bond acceptors (Lipinski definition) is 2. The third kappa shape index (κ3) is 5.02. The van der Waals surface area contributed by atoms with Crippen molar-refractivity contribution in [2.45, 2.75) is 32.7 Å². The highest BCUT2D eigenvalue weighted by Gasteiger charge is 2.30. The monoisotopic (exact) mass is 425 g/mol. The zero-order valence-corrected chi connectivity index (χ0v) is 17.0. The molecule has 1 N–H and O–H groups in total. The van der Waals surface area contributed by atoms with Crippen LogP contribution in [-0.2, 0) is 19.4 Å². The minimum atomic E-state index is -4.71. The van der Waals surface area contributed by atoms with Crippen molar-refractivity contribution in [1.82, 2.24) is 4.57 Å². The van der Waals surface area contributed by atoms with Gasteiger partial charge in [0.1, 0.15) is 5.75 Å². The molecule has 0 spiro atoms. The van der Waals surface area contributed by atoms with Crippen molar-refractivity contribution < 1.29 is 23.0 Å². The van der Waals surface area contributed by atoms with Crippen LogP contribution in [0, 0.1) is 6.92 Å². The first-order chi connectivity index (χ1) is 14.8. The molecule has 4 rings (SSSR count). The van der Waals surface area contributed by atoms with E-state index < -0.39 is 6.36 Å². The molecule has 0 saturated carbocycles. The molecule has 160 valence electrons. The summed E-state index contributed by atoms with van der Waals surface area (Å²) in [5.74, 6) is -0.116. The highest BCUT2D eigenvalue weighted by Crippen LogP contribution is 2.32. The molecule has 4 aromatic rings. The van der Waals surface area contributed by atoms with Crippen molar-refractivity contribution >= 4 is 10.8 Å². The largest absolute Gasteiger partial charge is 0.573 e. The fourth-order valence-corrected chi connectivity index (χ4v) is 3.86. The minimum Gasteiger partial charge on any atom is -0.494 e. The molecule has 0 bridgehead atoms. The number of fused-ring (bicyclic) bond motifs is 1. The van der Waals surface area contributed by atoms with Crippen molar-refractivity contribution in [3.63, 3.8) is 0 Å². The van der Waals surface area contributed by atoms with E-state index in [0.29, 0.717) is 6.54 Å². The van der Waals surface area contributed by atoms with E-state index >= 15 is 0 Å². The first-order valence-electron chi connectivity index (χ1n) is 9.98. The van der Waals surface area contributed by atoms with Crippen LogP contribution in [0.3, 0.4) is 0 Å². The Kier molecular flexibility index (Phi) is 5.63. The lowest BCUT2D eigenvalue weighted by atomic mass is 10.00. The van der Waals surface area contributed by atoms with Gasteiger partial charge in [0, 0.05) is 17.0 Å². The van der Waals surface area contributed by atoms with Crippen LogP contribution in [0.25, 0.3) is 10.8 Å². The fraction of sp³-hybridized carbons (Fsp3) is 0.200. The molecule has 1 aromatic heterocycles. The molecule has 0 amide bonds. The number of halogens is 3. The molecule has 6 heteroatoms. The van der Waals surface area contributed by atoms with Gasteiger partial charge < -0.3 is 14.4 Å². The molecular formula is C25H22F3NO2. The summed E-state index contributed by atoms with van der Waals surface area (Å²) in [4.78, 5) is 0. The highest BCUT2D eigenvalue weighted by atomic mass is 19.4. The molecule has 0 unspecified atom stereocenters. The van der Waals surface area contributed by atoms with Crippen LogP contribution in [0.2, 0.25) is 0 Å². The summed E-state index contributed by atoms with van der Waals surface area (Å²) >= 11 is 0. The molecule has 3 nitrogen and oxygen atoms in total. The maximum Gasteiger partial charge on any atom is 0.573 e. The summed E-state index contributed by atoms with van der Waals surface area (Å²) in [6, 6.07) is 20.1. The van der Waals surface area contributed by atoms with E-state index in [9.17, 15) is 18.3 Å². The number of rotatable bonds is 6. The summed E-state index contributed by atoms with van der Waals surface area (Å²) < 4.78 is 42.6. The summed E-state index contributed by atoms with van der Waals surface area (Å²) in [5.41, 5.74) is 4.22. The second-order valence-electron chi connectivity index (χ2n) is 7.63. The van der Waals surface area contributed by atoms with E-state index in [1.807, 2.05) is 31.3 Å². The first-order valence-corrected chi connectivity index (χ1v) is 9.98. The highest BCUT2D eigenvalue weighted by molar-refractivity contribution is 5.91. The van der Waals surface area contributed by atoms with Crippen LogP contribution in [0.4, 0.5) is 13.2 Å². The molecule has 31 heavy (non-hydrogen) atoms. The van der Waals surface area contributed by atoms with Crippen LogP contribution < -0.4 is 4.74 Å². The predicted octanol–water partition coefficient (Wildman–Crippen LogP) is 6.39. The average molecular weight is 425 g/mol. The number of alkyl halides is 3. The van der Waals surface area contributed by atoms with E-state index in [0.717, 1.165) is 34.7 Å². The Balaban J connectivity index is 1.53. The lowest BCUT2D eigenvalue weighted by Crippen LogP contribution is -2.17. The fourth-order valence-electron chi connectivity index (χ4n) is 3.86. The van der Waals surface area contributed by atoms with Crippen molar-refractivity contribution in [2.24, 2.45) is 0 Å². The second kappa shape index (κ2) is 8.38. The Labute approximate surface area is 178 Å². The lowest BCUT2D eigenvalue weighted by molar-refractivity contribution is -0.274. The van der Waals surface area contributed by atoms with E-state index in [2.05, 4.69) is 29.0 Å². The lowest BCUT2D eigenvalue weighted by Gasteiger charge is -2.10. The van der Waals surface area contributed by atoms with E-state index in [1.165, 1.54) is 23.3 Å². The number of ether oxygens (including phenoxy) is 1. The Morgan fingerprint density at radius 2 is 1.55 bits per heavy atom. The van der Waals surface area contributed by atoms with Gasteiger partial charge in [0.15, 0.2) is 5.88 Å². The molecule has 0 aliphatic heterocycles. The maximum atomic E-state index is 12.3. The maximum absolute atomic E-state index is 12.3. The second-order valence-corrected chi connectivity index (χ2v) is 7.63. The number of nitrogens with zero attached hydrogens (tertiary/aromatic N) is 1. The average Bonchev–Trinajstić information content (AvgIpc) is 3.03. The smallest absolute Gasteiger partial charge is 0.494 e. The Bertz CT molecular complexity index is 1180. The number of aromatic nitrogens is 1. The van der Waals surface area contributed by atoms with Gasteiger partial charge in [-0.3, -0.25) is 0 Å². The van der Waals surface area contributed by atoms with Gasteiger partial charge in [0.2, 0.25) is 0 Å². The molecule has 0 fully saturated rings. The van der Waals surface area contributed by atoms with Gasteiger partial charge in [-0.2, -0.15) is 0 Å². The van der Waals surface area contributed by atoms with Gasteiger partial charge in [0.05, 0.1) is 6.54 Å². The van der Waals surface area contributed by atoms with Crippen LogP contribution in [0.1, 0.15) is 22.3 Å². The molecule has 0 saturated heterocycles. The molecular weight excluding hydrogens is 403 g/mol. The molecule has 0 radical (unpaired) electrons. The zero-order valence-electron chi connectivity index (χ0n) is 17.0. The SMILES string of the molecule is Cc1cc(CCc2ccccc2)cc2cn(Cc3ccc(OC(F)(F)F)cc3)c(O)c12. The molecule has 3 aromatic carbocycles. The summed E-state index contributed by atoms with van der Waals surface area (Å²) in [5, 5.41) is 12.5. The predicted molar refractivity (Wildman–Crippen MR) is 114 cm³/mol. The van der Waals surface area contributed by atoms with Crippen molar-refractivity contribution in [3.05, 3.63) is 95.2 Å². The van der Waals surface area contributed by atoms with Gasteiger partial charge >= 0.3 is 6.36 Å². The molecule has 0 aliphatic carbocycles. The quantitative estimate of drug-likeness (QED) is 0.389. The van der Waals surface area contributed by atoms with Gasteiger partial charge in [-0.1, -0.05) is 48.5 Å². The Morgan fingerprint density at radius 1 is 0.871 bits per heavy atom. The van der Waals surface area contributed by atoms with Crippen molar-refractivity contribution in [1.29, 1.82) is 0 Å². The van der Waals surface area contributed by atoms with E-state index in [4.69, 9.17) is 0 Å². The summed E-state index contributed by atoms with van der Waals surface area (Å²) in [7, 11) is 0. The van der Waals surface area contributed by atoms with Crippen LogP contribution >= 0.6 is 0 Å². The minimum absolute atomic E-state index is 0.151. The molecule has 1 heterocycles. The zero-order chi connectivity index (χ0) is 22.0. The van der Waals surface area contributed by atoms with E-state index in [1.54, 1.807) is 16.7 Å². The summed E-state index contributed by atoms with van der Waals surface area (Å²) in [6.07, 6.45) is -1.00. The Morgan fingerprint density at radius 3 is 2.23 bits per heavy atom. The molecule has 0 aliphatic rings. The van der Waals surface area contributed by atoms with Gasteiger partial charge in [0.25, 0.3) is 0 Å². The first kappa shape index (κ1) is 20.8. The van der Waals surface area contributed by atoms with Gasteiger partial charge in [-0.15, -0.1) is 13.2 Å². The van der Waals surface area contributed by atoms with Gasteiger partial charge in [-0.25, -0.2) is 0 Å². The number of aryl methyl sites for hydroxylation is 3. The third-order valence-electron chi connectivity index (χ3n) is 5.27. The van der Waals surface area contributed by atoms with Crippen molar-refractivity contribution in [3.8, 4) is 11.6 Å². The normalized spacial score (nSPS) is 11.7. The van der Waals surface area contributed by atoms with Crippen LogP contribution in [0.5, 0.6) is 11.6 Å². The van der Waals surface area contributed by atoms with Crippen molar-refractivity contribution in [2.75, 3.05) is 0 Å².